The summed E-state index contributed by atoms with van der Waals surface area (Å²) >= 11 is 0. The maximum Gasteiger partial charge on any atom is 0.258 e. The Bertz CT molecular complexity index is 732. The molecule has 5 heteroatoms. The Hall–Kier alpha value is -1.88. The van der Waals surface area contributed by atoms with Gasteiger partial charge in [0.15, 0.2) is 0 Å². The fourth-order valence-electron chi connectivity index (χ4n) is 2.79. The van der Waals surface area contributed by atoms with Crippen LogP contribution in [0, 0.1) is 5.92 Å². The van der Waals surface area contributed by atoms with Gasteiger partial charge in [-0.1, -0.05) is 20.3 Å². The molecule has 1 fully saturated rings. The van der Waals surface area contributed by atoms with Gasteiger partial charge in [0.05, 0.1) is 17.0 Å². The van der Waals surface area contributed by atoms with E-state index in [0.717, 1.165) is 19.3 Å². The van der Waals surface area contributed by atoms with E-state index < -0.39 is 6.10 Å². The molecule has 1 heterocycles. The zero-order valence-corrected chi connectivity index (χ0v) is 12.3. The molecule has 1 aliphatic carbocycles. The Morgan fingerprint density at radius 1 is 1.33 bits per heavy atom. The van der Waals surface area contributed by atoms with Crippen molar-refractivity contribution in [1.29, 1.82) is 0 Å². The molecule has 5 nitrogen and oxygen atoms in total. The number of H-pyrrole nitrogens is 1. The fourth-order valence-corrected chi connectivity index (χ4v) is 2.79. The van der Waals surface area contributed by atoms with E-state index in [1.165, 1.54) is 6.07 Å². The van der Waals surface area contributed by atoms with Crippen LogP contribution in [0.2, 0.25) is 0 Å². The van der Waals surface area contributed by atoms with Gasteiger partial charge >= 0.3 is 0 Å². The molecule has 0 saturated heterocycles. The predicted octanol–water partition coefficient (Wildman–Crippen LogP) is 2.59. The van der Waals surface area contributed by atoms with Crippen molar-refractivity contribution < 1.29 is 10.2 Å². The van der Waals surface area contributed by atoms with Gasteiger partial charge < -0.3 is 15.2 Å². The molecule has 1 aromatic carbocycles. The van der Waals surface area contributed by atoms with E-state index in [2.05, 4.69) is 9.97 Å². The number of phenols is 1. The van der Waals surface area contributed by atoms with Gasteiger partial charge in [0, 0.05) is 11.5 Å². The third-order valence-electron chi connectivity index (χ3n) is 4.35. The topological polar surface area (TPSA) is 86.2 Å². The van der Waals surface area contributed by atoms with Crippen LogP contribution >= 0.6 is 0 Å². The number of nitrogens with zero attached hydrogens (tertiary/aromatic N) is 1. The zero-order valence-electron chi connectivity index (χ0n) is 12.3. The predicted molar refractivity (Wildman–Crippen MR) is 80.4 cm³/mol. The molecule has 0 bridgehead atoms. The third-order valence-corrected chi connectivity index (χ3v) is 4.35. The van der Waals surface area contributed by atoms with Gasteiger partial charge in [-0.05, 0) is 30.9 Å². The van der Waals surface area contributed by atoms with E-state index in [1.807, 2.05) is 13.8 Å². The lowest BCUT2D eigenvalue weighted by atomic mass is 9.78. The Kier molecular flexibility index (Phi) is 3.45. The number of fused-ring (bicyclic) bond motifs is 1. The van der Waals surface area contributed by atoms with E-state index >= 15 is 0 Å². The first-order valence-corrected chi connectivity index (χ1v) is 7.43. The van der Waals surface area contributed by atoms with E-state index in [1.54, 1.807) is 6.07 Å². The van der Waals surface area contributed by atoms with Crippen molar-refractivity contribution >= 4 is 10.9 Å². The molecule has 0 aliphatic heterocycles. The van der Waals surface area contributed by atoms with Gasteiger partial charge in [-0.15, -0.1) is 0 Å². The normalized spacial score (nSPS) is 17.1. The summed E-state index contributed by atoms with van der Waals surface area (Å²) in [5.74, 6) is 0.790. The number of aromatic amines is 1. The van der Waals surface area contributed by atoms with Crippen LogP contribution in [0.25, 0.3) is 10.9 Å². The van der Waals surface area contributed by atoms with E-state index in [4.69, 9.17) is 0 Å². The summed E-state index contributed by atoms with van der Waals surface area (Å²) in [6.07, 6.45) is 2.21. The lowest BCUT2D eigenvalue weighted by molar-refractivity contribution is 0.0612. The summed E-state index contributed by atoms with van der Waals surface area (Å²) in [6, 6.07) is 3.02. The highest BCUT2D eigenvalue weighted by Gasteiger charge is 2.30. The molecule has 1 aliphatic rings. The van der Waals surface area contributed by atoms with Gasteiger partial charge in [-0.3, -0.25) is 4.79 Å². The van der Waals surface area contributed by atoms with Crippen molar-refractivity contribution in [3.05, 3.63) is 33.9 Å². The van der Waals surface area contributed by atoms with Crippen LogP contribution in [0.4, 0.5) is 0 Å². The second kappa shape index (κ2) is 5.15. The molecule has 112 valence electrons. The van der Waals surface area contributed by atoms with Crippen molar-refractivity contribution in [2.75, 3.05) is 0 Å². The average Bonchev–Trinajstić information content (AvgIpc) is 2.35. The second-order valence-electron chi connectivity index (χ2n) is 6.14. The highest BCUT2D eigenvalue weighted by molar-refractivity contribution is 5.83. The molecular weight excluding hydrogens is 268 g/mol. The highest BCUT2D eigenvalue weighted by atomic mass is 16.3. The minimum atomic E-state index is -0.767. The van der Waals surface area contributed by atoms with E-state index in [0.29, 0.717) is 22.3 Å². The van der Waals surface area contributed by atoms with Crippen LogP contribution in [0.1, 0.15) is 56.5 Å². The Morgan fingerprint density at radius 3 is 2.62 bits per heavy atom. The van der Waals surface area contributed by atoms with E-state index in [-0.39, 0.29) is 23.1 Å². The minimum Gasteiger partial charge on any atom is -0.507 e. The summed E-state index contributed by atoms with van der Waals surface area (Å²) in [6.45, 7) is 3.88. The first kappa shape index (κ1) is 14.1. The standard InChI is InChI=1S/C16H20N2O3/c1-8(2)15-17-13-10(16(21)18-15)6-7-11(19)12(13)14(20)9-4-3-5-9/h6-9,14,19-20H,3-5H2,1-2H3,(H,17,18,21). The smallest absolute Gasteiger partial charge is 0.258 e. The van der Waals surface area contributed by atoms with E-state index in [9.17, 15) is 15.0 Å². The maximum atomic E-state index is 12.2. The molecule has 3 rings (SSSR count). The number of rotatable bonds is 3. The summed E-state index contributed by atoms with van der Waals surface area (Å²) in [5.41, 5.74) is 0.581. The summed E-state index contributed by atoms with van der Waals surface area (Å²) < 4.78 is 0. The van der Waals surface area contributed by atoms with Crippen LogP contribution < -0.4 is 5.56 Å². The summed E-state index contributed by atoms with van der Waals surface area (Å²) in [4.78, 5) is 19.4. The molecule has 21 heavy (non-hydrogen) atoms. The molecule has 0 amide bonds. The van der Waals surface area contributed by atoms with Crippen LogP contribution in [-0.4, -0.2) is 20.2 Å². The number of phenolic OH excluding ortho intramolecular Hbond substituents is 1. The maximum absolute atomic E-state index is 12.2. The molecule has 1 saturated carbocycles. The number of benzene rings is 1. The number of aromatic nitrogens is 2. The molecule has 2 aromatic rings. The van der Waals surface area contributed by atoms with Crippen molar-refractivity contribution in [3.8, 4) is 5.75 Å². The molecule has 1 atom stereocenters. The van der Waals surface area contributed by atoms with Crippen molar-refractivity contribution in [2.45, 2.75) is 45.1 Å². The number of aliphatic hydroxyl groups excluding tert-OH is 1. The molecular formula is C16H20N2O3. The van der Waals surface area contributed by atoms with Gasteiger partial charge in [-0.25, -0.2) is 4.98 Å². The number of nitrogens with one attached hydrogen (secondary N) is 1. The summed E-state index contributed by atoms with van der Waals surface area (Å²) in [7, 11) is 0. The third kappa shape index (κ3) is 2.31. The van der Waals surface area contributed by atoms with Gasteiger partial charge in [0.1, 0.15) is 11.6 Å². The molecule has 1 aromatic heterocycles. The minimum absolute atomic E-state index is 0.00899. The summed E-state index contributed by atoms with van der Waals surface area (Å²) in [5, 5.41) is 21.1. The SMILES string of the molecule is CC(C)c1nc2c(C(O)C3CCC3)c(O)ccc2c(=O)[nH]1. The number of hydrogen-bond acceptors (Lipinski definition) is 4. The first-order valence-electron chi connectivity index (χ1n) is 7.43. The number of hydrogen-bond donors (Lipinski definition) is 3. The Labute approximate surface area is 122 Å². The van der Waals surface area contributed by atoms with Crippen molar-refractivity contribution in [2.24, 2.45) is 5.92 Å². The molecule has 3 N–H and O–H groups in total. The average molecular weight is 288 g/mol. The zero-order chi connectivity index (χ0) is 15.1. The number of aromatic hydroxyl groups is 1. The molecule has 0 spiro atoms. The molecule has 0 radical (unpaired) electrons. The van der Waals surface area contributed by atoms with Gasteiger partial charge in [0.25, 0.3) is 5.56 Å². The largest absolute Gasteiger partial charge is 0.507 e. The Balaban J connectivity index is 2.25. The van der Waals surface area contributed by atoms with Crippen LogP contribution in [0.15, 0.2) is 16.9 Å². The van der Waals surface area contributed by atoms with Crippen LogP contribution in [-0.2, 0) is 0 Å². The van der Waals surface area contributed by atoms with Crippen LogP contribution in [0.3, 0.4) is 0 Å². The quantitative estimate of drug-likeness (QED) is 0.810. The monoisotopic (exact) mass is 288 g/mol. The lowest BCUT2D eigenvalue weighted by Crippen LogP contribution is -2.22. The van der Waals surface area contributed by atoms with Crippen LogP contribution in [0.5, 0.6) is 5.75 Å². The van der Waals surface area contributed by atoms with Crippen molar-refractivity contribution in [1.82, 2.24) is 9.97 Å². The highest BCUT2D eigenvalue weighted by Crippen LogP contribution is 2.42. The van der Waals surface area contributed by atoms with Gasteiger partial charge in [-0.2, -0.15) is 0 Å². The lowest BCUT2D eigenvalue weighted by Gasteiger charge is -2.31. The first-order chi connectivity index (χ1) is 9.99. The Morgan fingerprint density at radius 2 is 2.05 bits per heavy atom. The fraction of sp³-hybridized carbons (Fsp3) is 0.500. The molecule has 1 unspecified atom stereocenters. The number of aliphatic hydroxyl groups is 1. The van der Waals surface area contributed by atoms with Gasteiger partial charge in [0.2, 0.25) is 0 Å². The second-order valence-corrected chi connectivity index (χ2v) is 6.14. The van der Waals surface area contributed by atoms with Crippen molar-refractivity contribution in [3.63, 3.8) is 0 Å².